The number of aryl methyl sites for hydroxylation is 2. The Morgan fingerprint density at radius 2 is 2.17 bits per heavy atom. The smallest absolute Gasteiger partial charge is 0.0854 e. The third kappa shape index (κ3) is 1.41. The van der Waals surface area contributed by atoms with Crippen molar-refractivity contribution in [3.8, 4) is 0 Å². The van der Waals surface area contributed by atoms with Crippen LogP contribution in [-0.4, -0.2) is 5.11 Å². The van der Waals surface area contributed by atoms with E-state index in [-0.39, 0.29) is 6.10 Å². The Morgan fingerprint density at radius 1 is 1.42 bits per heavy atom. The maximum absolute atomic E-state index is 9.38. The van der Waals surface area contributed by atoms with E-state index in [0.29, 0.717) is 0 Å². The van der Waals surface area contributed by atoms with Gasteiger partial charge in [0.25, 0.3) is 0 Å². The molecule has 1 aliphatic rings. The molecule has 1 aromatic heterocycles. The maximum Gasteiger partial charge on any atom is 0.0854 e. The van der Waals surface area contributed by atoms with Gasteiger partial charge in [-0.05, 0) is 44.2 Å². The van der Waals surface area contributed by atoms with E-state index < -0.39 is 0 Å². The van der Waals surface area contributed by atoms with Gasteiger partial charge in [-0.1, -0.05) is 0 Å². The average Bonchev–Trinajstić information content (AvgIpc) is 2.46. The molecule has 1 atom stereocenters. The largest absolute Gasteiger partial charge is 0.388 e. The molecule has 1 aliphatic carbocycles. The molecule has 1 unspecified atom stereocenters. The normalized spacial score (nSPS) is 18.8. The van der Waals surface area contributed by atoms with E-state index in [1.807, 2.05) is 6.92 Å². The fourth-order valence-electron chi connectivity index (χ4n) is 1.72. The quantitative estimate of drug-likeness (QED) is 0.708. The minimum absolute atomic E-state index is 0.277. The Balaban J connectivity index is 2.32. The van der Waals surface area contributed by atoms with Crippen LogP contribution in [-0.2, 0) is 12.8 Å². The van der Waals surface area contributed by atoms with Crippen molar-refractivity contribution < 1.29 is 5.11 Å². The fraction of sp³-hybridized carbons (Fsp3) is 0.600. The summed E-state index contributed by atoms with van der Waals surface area (Å²) in [5.74, 6) is 0. The zero-order valence-corrected chi connectivity index (χ0v) is 8.16. The number of thiophene rings is 1. The van der Waals surface area contributed by atoms with Crippen LogP contribution >= 0.6 is 11.3 Å². The third-order valence-corrected chi connectivity index (χ3v) is 3.83. The molecular weight excluding hydrogens is 168 g/mol. The van der Waals surface area contributed by atoms with Crippen molar-refractivity contribution in [3.05, 3.63) is 21.4 Å². The highest BCUT2D eigenvalue weighted by atomic mass is 32.1. The van der Waals surface area contributed by atoms with Gasteiger partial charge in [0.1, 0.15) is 0 Å². The summed E-state index contributed by atoms with van der Waals surface area (Å²) in [6.45, 7) is 1.84. The number of rotatable bonds is 1. The van der Waals surface area contributed by atoms with Crippen molar-refractivity contribution in [2.24, 2.45) is 0 Å². The van der Waals surface area contributed by atoms with Crippen molar-refractivity contribution in [3.63, 3.8) is 0 Å². The van der Waals surface area contributed by atoms with E-state index in [4.69, 9.17) is 0 Å². The Bertz CT molecular complexity index is 252. The Labute approximate surface area is 77.0 Å². The molecule has 0 radical (unpaired) electrons. The molecule has 2 rings (SSSR count). The van der Waals surface area contributed by atoms with Gasteiger partial charge in [-0.15, -0.1) is 11.3 Å². The molecular formula is C10H14OS. The zero-order chi connectivity index (χ0) is 8.55. The van der Waals surface area contributed by atoms with Crippen LogP contribution in [0.3, 0.4) is 0 Å². The zero-order valence-electron chi connectivity index (χ0n) is 7.34. The van der Waals surface area contributed by atoms with Gasteiger partial charge in [0, 0.05) is 9.75 Å². The number of aliphatic hydroxyl groups excluding tert-OH is 1. The monoisotopic (exact) mass is 182 g/mol. The molecule has 0 fully saturated rings. The van der Waals surface area contributed by atoms with Crippen LogP contribution in [0.2, 0.25) is 0 Å². The molecule has 0 amide bonds. The molecule has 0 saturated heterocycles. The summed E-state index contributed by atoms with van der Waals surface area (Å²) < 4.78 is 0. The minimum Gasteiger partial charge on any atom is -0.388 e. The molecule has 0 aromatic carbocycles. The second-order valence-corrected chi connectivity index (χ2v) is 4.65. The topological polar surface area (TPSA) is 20.2 Å². The first-order chi connectivity index (χ1) is 5.77. The van der Waals surface area contributed by atoms with E-state index in [0.717, 1.165) is 4.88 Å². The summed E-state index contributed by atoms with van der Waals surface area (Å²) in [7, 11) is 0. The fourth-order valence-corrected chi connectivity index (χ4v) is 2.91. The first kappa shape index (κ1) is 8.27. The van der Waals surface area contributed by atoms with Crippen LogP contribution in [0.1, 0.15) is 41.2 Å². The third-order valence-electron chi connectivity index (χ3n) is 2.43. The number of aliphatic hydroxyl groups is 1. The highest BCUT2D eigenvalue weighted by Crippen LogP contribution is 2.32. The highest BCUT2D eigenvalue weighted by Gasteiger charge is 2.14. The van der Waals surface area contributed by atoms with Gasteiger partial charge < -0.3 is 5.11 Å². The molecule has 1 heterocycles. The standard InChI is InChI=1S/C10H14OS/c1-7(11)10-6-8-4-2-3-5-9(8)12-10/h6-7,11H,2-5H2,1H3. The van der Waals surface area contributed by atoms with Gasteiger partial charge in [-0.25, -0.2) is 0 Å². The van der Waals surface area contributed by atoms with Crippen LogP contribution < -0.4 is 0 Å². The number of fused-ring (bicyclic) bond motifs is 1. The lowest BCUT2D eigenvalue weighted by molar-refractivity contribution is 0.203. The van der Waals surface area contributed by atoms with E-state index in [1.54, 1.807) is 11.3 Å². The Hall–Kier alpha value is -0.340. The van der Waals surface area contributed by atoms with Crippen molar-refractivity contribution in [1.29, 1.82) is 0 Å². The summed E-state index contributed by atoms with van der Waals surface area (Å²) in [5, 5.41) is 9.38. The van der Waals surface area contributed by atoms with Crippen LogP contribution in [0.4, 0.5) is 0 Å². The molecule has 0 bridgehead atoms. The summed E-state index contributed by atoms with van der Waals surface area (Å²) in [6.07, 6.45) is 4.82. The molecule has 2 heteroatoms. The lowest BCUT2D eigenvalue weighted by Gasteiger charge is -2.08. The van der Waals surface area contributed by atoms with Gasteiger partial charge >= 0.3 is 0 Å². The minimum atomic E-state index is -0.277. The summed E-state index contributed by atoms with van der Waals surface area (Å²) >= 11 is 1.79. The summed E-state index contributed by atoms with van der Waals surface area (Å²) in [5.41, 5.74) is 1.49. The molecule has 12 heavy (non-hydrogen) atoms. The lowest BCUT2D eigenvalue weighted by atomic mass is 9.99. The maximum atomic E-state index is 9.38. The predicted octanol–water partition coefficient (Wildman–Crippen LogP) is 2.68. The van der Waals surface area contributed by atoms with Gasteiger partial charge in [0.15, 0.2) is 0 Å². The van der Waals surface area contributed by atoms with E-state index in [2.05, 4.69) is 6.07 Å². The molecule has 1 N–H and O–H groups in total. The van der Waals surface area contributed by atoms with Crippen molar-refractivity contribution >= 4 is 11.3 Å². The van der Waals surface area contributed by atoms with Gasteiger partial charge in [-0.2, -0.15) is 0 Å². The Morgan fingerprint density at radius 3 is 2.83 bits per heavy atom. The first-order valence-corrected chi connectivity index (χ1v) is 5.38. The van der Waals surface area contributed by atoms with Crippen molar-refractivity contribution in [1.82, 2.24) is 0 Å². The molecule has 1 aromatic rings. The predicted molar refractivity (Wildman–Crippen MR) is 51.6 cm³/mol. The molecule has 0 saturated carbocycles. The molecule has 0 aliphatic heterocycles. The van der Waals surface area contributed by atoms with Crippen LogP contribution in [0.15, 0.2) is 6.07 Å². The molecule has 66 valence electrons. The second kappa shape index (κ2) is 3.19. The summed E-state index contributed by atoms with van der Waals surface area (Å²) in [6, 6.07) is 2.18. The highest BCUT2D eigenvalue weighted by molar-refractivity contribution is 7.12. The van der Waals surface area contributed by atoms with E-state index >= 15 is 0 Å². The SMILES string of the molecule is CC(O)c1cc2c(s1)CCCC2. The molecule has 1 nitrogen and oxygen atoms in total. The average molecular weight is 182 g/mol. The Kier molecular flexibility index (Phi) is 2.20. The van der Waals surface area contributed by atoms with Gasteiger partial charge in [0.05, 0.1) is 6.10 Å². The number of hydrogen-bond donors (Lipinski definition) is 1. The lowest BCUT2D eigenvalue weighted by Crippen LogP contribution is -1.96. The number of hydrogen-bond acceptors (Lipinski definition) is 2. The molecule has 0 spiro atoms. The van der Waals surface area contributed by atoms with E-state index in [1.165, 1.54) is 36.1 Å². The summed E-state index contributed by atoms with van der Waals surface area (Å²) in [4.78, 5) is 2.65. The van der Waals surface area contributed by atoms with Crippen LogP contribution in [0, 0.1) is 0 Å². The van der Waals surface area contributed by atoms with E-state index in [9.17, 15) is 5.11 Å². The van der Waals surface area contributed by atoms with Crippen molar-refractivity contribution in [2.45, 2.75) is 38.7 Å². The van der Waals surface area contributed by atoms with Crippen LogP contribution in [0.25, 0.3) is 0 Å². The van der Waals surface area contributed by atoms with Crippen molar-refractivity contribution in [2.75, 3.05) is 0 Å². The first-order valence-electron chi connectivity index (χ1n) is 4.57. The van der Waals surface area contributed by atoms with Gasteiger partial charge in [-0.3, -0.25) is 0 Å². The van der Waals surface area contributed by atoms with Crippen LogP contribution in [0.5, 0.6) is 0 Å². The second-order valence-electron chi connectivity index (χ2n) is 3.48. The van der Waals surface area contributed by atoms with Gasteiger partial charge in [0.2, 0.25) is 0 Å².